The maximum atomic E-state index is 11.7. The summed E-state index contributed by atoms with van der Waals surface area (Å²) >= 11 is 0. The van der Waals surface area contributed by atoms with Crippen molar-refractivity contribution in [2.75, 3.05) is 33.2 Å². The van der Waals surface area contributed by atoms with E-state index in [9.17, 15) is 4.79 Å². The molecule has 0 aliphatic carbocycles. The molecule has 126 valence electrons. The summed E-state index contributed by atoms with van der Waals surface area (Å²) in [6.45, 7) is 7.21. The summed E-state index contributed by atoms with van der Waals surface area (Å²) < 4.78 is 0. The van der Waals surface area contributed by atoms with Gasteiger partial charge in [0.2, 0.25) is 0 Å². The van der Waals surface area contributed by atoms with Gasteiger partial charge in [-0.3, -0.25) is 9.88 Å². The molecule has 2 aliphatic rings. The second-order valence-corrected chi connectivity index (χ2v) is 6.99. The molecule has 3 rings (SSSR count). The minimum absolute atomic E-state index is 0.0712. The molecule has 23 heavy (non-hydrogen) atoms. The van der Waals surface area contributed by atoms with Crippen LogP contribution in [-0.2, 0) is 6.54 Å². The number of aromatic nitrogens is 1. The van der Waals surface area contributed by atoms with Gasteiger partial charge in [-0.15, -0.1) is 0 Å². The number of nitrogens with one attached hydrogen (secondary N) is 1. The number of nitrogens with zero attached hydrogens (tertiary/aromatic N) is 3. The van der Waals surface area contributed by atoms with E-state index in [-0.39, 0.29) is 6.03 Å². The van der Waals surface area contributed by atoms with Crippen molar-refractivity contribution < 1.29 is 4.79 Å². The fourth-order valence-electron chi connectivity index (χ4n) is 3.94. The van der Waals surface area contributed by atoms with Crippen molar-refractivity contribution in [1.29, 1.82) is 0 Å². The van der Waals surface area contributed by atoms with Gasteiger partial charge in [0, 0.05) is 39.4 Å². The average Bonchev–Trinajstić information content (AvgIpc) is 3.05. The number of pyridine rings is 1. The van der Waals surface area contributed by atoms with Crippen LogP contribution in [0.15, 0.2) is 18.3 Å². The van der Waals surface area contributed by atoms with Crippen LogP contribution in [0.2, 0.25) is 0 Å². The third-order valence-electron chi connectivity index (χ3n) is 5.37. The number of hydrogen-bond donors (Lipinski definition) is 1. The highest BCUT2D eigenvalue weighted by Gasteiger charge is 2.32. The van der Waals surface area contributed by atoms with Crippen molar-refractivity contribution in [3.05, 3.63) is 29.6 Å². The molecule has 2 fully saturated rings. The van der Waals surface area contributed by atoms with Crippen molar-refractivity contribution in [2.45, 2.75) is 32.7 Å². The first-order valence-corrected chi connectivity index (χ1v) is 8.76. The van der Waals surface area contributed by atoms with Gasteiger partial charge in [0.25, 0.3) is 0 Å². The van der Waals surface area contributed by atoms with Gasteiger partial charge >= 0.3 is 6.03 Å². The fourth-order valence-corrected chi connectivity index (χ4v) is 3.94. The van der Waals surface area contributed by atoms with Crippen LogP contribution in [0, 0.1) is 18.8 Å². The first kappa shape index (κ1) is 16.2. The van der Waals surface area contributed by atoms with Gasteiger partial charge in [0.05, 0.1) is 5.69 Å². The Kier molecular flexibility index (Phi) is 5.16. The molecule has 1 aromatic rings. The van der Waals surface area contributed by atoms with Gasteiger partial charge < -0.3 is 10.2 Å². The zero-order chi connectivity index (χ0) is 16.2. The number of amides is 2. The van der Waals surface area contributed by atoms with Crippen LogP contribution in [0.3, 0.4) is 0 Å². The van der Waals surface area contributed by atoms with Gasteiger partial charge in [0.1, 0.15) is 0 Å². The number of likely N-dealkylation sites (tertiary alicyclic amines) is 2. The molecule has 5 heteroatoms. The van der Waals surface area contributed by atoms with Crippen LogP contribution < -0.4 is 5.32 Å². The van der Waals surface area contributed by atoms with Crippen molar-refractivity contribution >= 4 is 6.03 Å². The average molecular weight is 316 g/mol. The lowest BCUT2D eigenvalue weighted by Crippen LogP contribution is -2.44. The van der Waals surface area contributed by atoms with E-state index in [4.69, 9.17) is 0 Å². The molecule has 1 N–H and O–H groups in total. The van der Waals surface area contributed by atoms with Crippen molar-refractivity contribution in [1.82, 2.24) is 20.1 Å². The normalized spacial score (nSPS) is 23.2. The molecule has 1 atom stereocenters. The van der Waals surface area contributed by atoms with E-state index in [1.165, 1.54) is 30.8 Å². The Labute approximate surface area is 139 Å². The second kappa shape index (κ2) is 7.30. The molecule has 0 aromatic carbocycles. The Morgan fingerprint density at radius 2 is 1.96 bits per heavy atom. The molecule has 0 bridgehead atoms. The van der Waals surface area contributed by atoms with Crippen LogP contribution in [0.1, 0.15) is 30.5 Å². The topological polar surface area (TPSA) is 48.5 Å². The minimum atomic E-state index is 0.0712. The summed E-state index contributed by atoms with van der Waals surface area (Å²) in [5.41, 5.74) is 2.39. The molecule has 3 heterocycles. The molecule has 2 aliphatic heterocycles. The monoisotopic (exact) mass is 316 g/mol. The zero-order valence-corrected chi connectivity index (χ0v) is 14.3. The predicted molar refractivity (Wildman–Crippen MR) is 91.1 cm³/mol. The number of carbonyl (C=O) groups excluding carboxylic acids is 1. The molecule has 1 unspecified atom stereocenters. The van der Waals surface area contributed by atoms with E-state index in [0.29, 0.717) is 0 Å². The van der Waals surface area contributed by atoms with E-state index in [0.717, 1.165) is 44.3 Å². The molecular formula is C18H28N4O. The Balaban J connectivity index is 1.47. The van der Waals surface area contributed by atoms with Crippen molar-refractivity contribution in [3.63, 3.8) is 0 Å². The SMILES string of the molecule is CNC(=O)N1CCC(C2CCN(Cc3ccc(C)cn3)C2)CC1. The molecule has 2 amide bonds. The van der Waals surface area contributed by atoms with Gasteiger partial charge in [-0.05, 0) is 56.2 Å². The summed E-state index contributed by atoms with van der Waals surface area (Å²) in [5, 5.41) is 2.73. The molecule has 2 saturated heterocycles. The molecule has 1 aromatic heterocycles. The predicted octanol–water partition coefficient (Wildman–Crippen LogP) is 2.26. The number of carbonyl (C=O) groups is 1. The highest BCUT2D eigenvalue weighted by molar-refractivity contribution is 5.73. The van der Waals surface area contributed by atoms with Gasteiger partial charge in [-0.1, -0.05) is 6.07 Å². The van der Waals surface area contributed by atoms with Crippen LogP contribution >= 0.6 is 0 Å². The first-order chi connectivity index (χ1) is 11.2. The Morgan fingerprint density at radius 1 is 1.22 bits per heavy atom. The first-order valence-electron chi connectivity index (χ1n) is 8.76. The summed E-state index contributed by atoms with van der Waals surface area (Å²) in [7, 11) is 1.71. The smallest absolute Gasteiger partial charge is 0.317 e. The van der Waals surface area contributed by atoms with Crippen LogP contribution in [0.5, 0.6) is 0 Å². The van der Waals surface area contributed by atoms with Gasteiger partial charge in [0.15, 0.2) is 0 Å². The molecule has 5 nitrogen and oxygen atoms in total. The number of hydrogen-bond acceptors (Lipinski definition) is 3. The lowest BCUT2D eigenvalue weighted by Gasteiger charge is -2.34. The fraction of sp³-hybridized carbons (Fsp3) is 0.667. The highest BCUT2D eigenvalue weighted by atomic mass is 16.2. The summed E-state index contributed by atoms with van der Waals surface area (Å²) in [6.07, 6.45) is 5.54. The maximum absolute atomic E-state index is 11.7. The quantitative estimate of drug-likeness (QED) is 0.930. The van der Waals surface area contributed by atoms with Gasteiger partial charge in [-0.2, -0.15) is 0 Å². The van der Waals surface area contributed by atoms with E-state index in [2.05, 4.69) is 34.3 Å². The third-order valence-corrected chi connectivity index (χ3v) is 5.37. The number of urea groups is 1. The highest BCUT2D eigenvalue weighted by Crippen LogP contribution is 2.32. The molecule has 0 saturated carbocycles. The van der Waals surface area contributed by atoms with Crippen molar-refractivity contribution in [3.8, 4) is 0 Å². The van der Waals surface area contributed by atoms with E-state index < -0.39 is 0 Å². The Hall–Kier alpha value is -1.62. The standard InChI is InChI=1S/C18H28N4O/c1-14-3-4-17(20-11-14)13-21-8-5-16(12-21)15-6-9-22(10-7-15)18(23)19-2/h3-4,11,15-16H,5-10,12-13H2,1-2H3,(H,19,23). The lowest BCUT2D eigenvalue weighted by molar-refractivity contribution is 0.150. The van der Waals surface area contributed by atoms with E-state index in [1.807, 2.05) is 11.1 Å². The zero-order valence-electron chi connectivity index (χ0n) is 14.3. The molecule has 0 radical (unpaired) electrons. The number of piperidine rings is 1. The largest absolute Gasteiger partial charge is 0.341 e. The van der Waals surface area contributed by atoms with Crippen LogP contribution in [-0.4, -0.2) is 54.0 Å². The van der Waals surface area contributed by atoms with E-state index in [1.54, 1.807) is 7.05 Å². The minimum Gasteiger partial charge on any atom is -0.341 e. The number of aryl methyl sites for hydroxylation is 1. The summed E-state index contributed by atoms with van der Waals surface area (Å²) in [4.78, 5) is 20.7. The lowest BCUT2D eigenvalue weighted by atomic mass is 9.84. The Bertz CT molecular complexity index is 522. The van der Waals surface area contributed by atoms with Crippen LogP contribution in [0.25, 0.3) is 0 Å². The molecular weight excluding hydrogens is 288 g/mol. The van der Waals surface area contributed by atoms with Crippen LogP contribution in [0.4, 0.5) is 4.79 Å². The maximum Gasteiger partial charge on any atom is 0.317 e. The van der Waals surface area contributed by atoms with E-state index >= 15 is 0 Å². The van der Waals surface area contributed by atoms with Crippen molar-refractivity contribution in [2.24, 2.45) is 11.8 Å². The molecule has 0 spiro atoms. The third kappa shape index (κ3) is 4.02. The second-order valence-electron chi connectivity index (χ2n) is 6.99. The number of rotatable bonds is 3. The van der Waals surface area contributed by atoms with Gasteiger partial charge in [-0.25, -0.2) is 4.79 Å². The Morgan fingerprint density at radius 3 is 2.61 bits per heavy atom. The summed E-state index contributed by atoms with van der Waals surface area (Å²) in [6, 6.07) is 4.36. The summed E-state index contributed by atoms with van der Waals surface area (Å²) in [5.74, 6) is 1.55.